The van der Waals surface area contributed by atoms with Crippen molar-refractivity contribution >= 4 is 16.9 Å². The highest BCUT2D eigenvalue weighted by molar-refractivity contribution is 5.87. The van der Waals surface area contributed by atoms with Gasteiger partial charge in [-0.15, -0.1) is 0 Å². The number of fused-ring (bicyclic) bond motifs is 8. The maximum atomic E-state index is 15.7. The fourth-order valence-electron chi connectivity index (χ4n) is 6.27. The summed E-state index contributed by atoms with van der Waals surface area (Å²) in [5.41, 5.74) is 0.877. The van der Waals surface area contributed by atoms with Gasteiger partial charge in [0.25, 0.3) is 11.5 Å². The van der Waals surface area contributed by atoms with Gasteiger partial charge in [-0.05, 0) is 82.7 Å². The first kappa shape index (κ1) is 27.5. The van der Waals surface area contributed by atoms with Crippen LogP contribution in [-0.4, -0.2) is 39.1 Å². The minimum atomic E-state index is -2.91. The summed E-state index contributed by atoms with van der Waals surface area (Å²) in [5.74, 6) is -2.54. The second-order valence-electron chi connectivity index (χ2n) is 11.8. The van der Waals surface area contributed by atoms with Crippen LogP contribution in [0.1, 0.15) is 67.5 Å². The summed E-state index contributed by atoms with van der Waals surface area (Å²) >= 11 is 0. The molecular weight excluding hydrogens is 522 g/mol. The Morgan fingerprint density at radius 2 is 1.88 bits per heavy atom. The maximum Gasteiger partial charge on any atom is 0.276 e. The van der Waals surface area contributed by atoms with Crippen molar-refractivity contribution in [2.75, 3.05) is 25.0 Å². The van der Waals surface area contributed by atoms with E-state index in [-0.39, 0.29) is 17.7 Å². The zero-order valence-corrected chi connectivity index (χ0v) is 23.5. The largest absolute Gasteiger partial charge is 0.365 e. The first-order valence-electron chi connectivity index (χ1n) is 14.7. The van der Waals surface area contributed by atoms with Crippen LogP contribution in [0.5, 0.6) is 0 Å². The van der Waals surface area contributed by atoms with Gasteiger partial charge in [-0.1, -0.05) is 30.4 Å². The van der Waals surface area contributed by atoms with Gasteiger partial charge in [0.15, 0.2) is 0 Å². The number of nitrogens with zero attached hydrogens (tertiary/aromatic N) is 5. The lowest BCUT2D eigenvalue weighted by Gasteiger charge is -2.35. The van der Waals surface area contributed by atoms with Crippen molar-refractivity contribution in [2.45, 2.75) is 76.3 Å². The van der Waals surface area contributed by atoms with E-state index < -0.39 is 17.3 Å². The lowest BCUT2D eigenvalue weighted by molar-refractivity contribution is -0.0847. The van der Waals surface area contributed by atoms with Gasteiger partial charge in [-0.25, -0.2) is 18.7 Å². The fourth-order valence-corrected chi connectivity index (χ4v) is 6.27. The molecule has 0 radical (unpaired) electrons. The van der Waals surface area contributed by atoms with Crippen molar-refractivity contribution in [1.82, 2.24) is 19.4 Å². The number of benzene rings is 1. The summed E-state index contributed by atoms with van der Waals surface area (Å²) in [7, 11) is 0. The van der Waals surface area contributed by atoms with E-state index in [0.29, 0.717) is 73.6 Å². The molecule has 1 aromatic carbocycles. The van der Waals surface area contributed by atoms with Crippen LogP contribution >= 0.6 is 0 Å². The molecule has 3 aromatic rings. The quantitative estimate of drug-likeness (QED) is 0.379. The molecular formula is C32H36F2N6O. The highest BCUT2D eigenvalue weighted by Crippen LogP contribution is 2.47. The summed E-state index contributed by atoms with van der Waals surface area (Å²) in [6.45, 7) is 4.66. The molecule has 1 saturated heterocycles. The molecule has 7 nitrogen and oxygen atoms in total. The molecule has 5 heterocycles. The lowest BCUT2D eigenvalue weighted by atomic mass is 9.86. The van der Waals surface area contributed by atoms with E-state index in [1.54, 1.807) is 29.7 Å². The second kappa shape index (κ2) is 11.0. The number of aromatic nitrogens is 3. The molecule has 0 unspecified atom stereocenters. The Morgan fingerprint density at radius 1 is 1.07 bits per heavy atom. The number of piperidine rings is 1. The molecule has 8 bridgehead atoms. The van der Waals surface area contributed by atoms with Crippen LogP contribution in [0.4, 0.5) is 14.6 Å². The molecule has 214 valence electrons. The Kier molecular flexibility index (Phi) is 7.37. The van der Waals surface area contributed by atoms with Gasteiger partial charge in [0.1, 0.15) is 17.3 Å². The van der Waals surface area contributed by atoms with Gasteiger partial charge in [-0.2, -0.15) is 5.26 Å². The molecule has 0 spiro atoms. The van der Waals surface area contributed by atoms with E-state index in [1.807, 2.05) is 6.07 Å². The van der Waals surface area contributed by atoms with Crippen LogP contribution in [0.3, 0.4) is 0 Å². The molecule has 41 heavy (non-hydrogen) atoms. The number of pyridine rings is 1. The molecule has 0 amide bonds. The van der Waals surface area contributed by atoms with E-state index >= 15 is 8.78 Å². The number of allylic oxidation sites excluding steroid dienone is 1. The molecule has 7 rings (SSSR count). The van der Waals surface area contributed by atoms with Gasteiger partial charge in [-0.3, -0.25) is 14.3 Å². The molecule has 1 saturated carbocycles. The van der Waals surface area contributed by atoms with E-state index in [2.05, 4.69) is 38.4 Å². The molecule has 3 aliphatic heterocycles. The number of aryl methyl sites for hydroxylation is 2. The van der Waals surface area contributed by atoms with Crippen LogP contribution in [0, 0.1) is 24.2 Å². The smallest absolute Gasteiger partial charge is 0.276 e. The van der Waals surface area contributed by atoms with Gasteiger partial charge < -0.3 is 5.32 Å². The predicted octanol–water partition coefficient (Wildman–Crippen LogP) is 5.81. The van der Waals surface area contributed by atoms with Crippen molar-refractivity contribution in [3.05, 3.63) is 75.4 Å². The third-order valence-electron chi connectivity index (χ3n) is 8.94. The van der Waals surface area contributed by atoms with Crippen LogP contribution in [0.25, 0.3) is 11.0 Å². The predicted molar refractivity (Wildman–Crippen MR) is 155 cm³/mol. The number of rotatable bonds is 1. The highest BCUT2D eigenvalue weighted by atomic mass is 19.3. The normalized spacial score (nSPS) is 24.6. The third kappa shape index (κ3) is 5.38. The number of alkyl halides is 2. The Labute approximate surface area is 238 Å². The summed E-state index contributed by atoms with van der Waals surface area (Å²) < 4.78 is 33.1. The highest BCUT2D eigenvalue weighted by Gasteiger charge is 2.47. The summed E-state index contributed by atoms with van der Waals surface area (Å²) in [6.07, 6.45) is 9.10. The average molecular weight is 559 g/mol. The van der Waals surface area contributed by atoms with E-state index in [1.165, 1.54) is 6.07 Å². The van der Waals surface area contributed by atoms with Gasteiger partial charge in [0, 0.05) is 36.7 Å². The monoisotopic (exact) mass is 558 g/mol. The first-order valence-corrected chi connectivity index (χ1v) is 14.7. The van der Waals surface area contributed by atoms with Gasteiger partial charge in [0.2, 0.25) is 0 Å². The SMILES string of the molecule is Cc1nc2c3cc(C4(C#N)CC4)c(=O)n(c3n1)CCCC/C=C\CN1CCC(CC1)C(F)(F)c1cccc(c1)CN2. The van der Waals surface area contributed by atoms with Crippen molar-refractivity contribution < 1.29 is 8.78 Å². The molecule has 9 heteroatoms. The second-order valence-corrected chi connectivity index (χ2v) is 11.8. The Morgan fingerprint density at radius 3 is 2.63 bits per heavy atom. The van der Waals surface area contributed by atoms with E-state index in [9.17, 15) is 10.1 Å². The van der Waals surface area contributed by atoms with Crippen LogP contribution in [0.2, 0.25) is 0 Å². The number of hydrogen-bond acceptors (Lipinski definition) is 6. The Hall–Kier alpha value is -3.64. The summed E-state index contributed by atoms with van der Waals surface area (Å²) in [6, 6.07) is 10.8. The molecule has 2 fully saturated rings. The maximum absolute atomic E-state index is 15.7. The molecule has 1 N–H and O–H groups in total. The molecule has 2 aromatic heterocycles. The number of nitriles is 1. The zero-order chi connectivity index (χ0) is 28.6. The first-order chi connectivity index (χ1) is 19.8. The zero-order valence-electron chi connectivity index (χ0n) is 23.5. The van der Waals surface area contributed by atoms with Crippen molar-refractivity contribution in [3.63, 3.8) is 0 Å². The minimum absolute atomic E-state index is 0.0468. The number of halogens is 2. The molecule has 0 atom stereocenters. The summed E-state index contributed by atoms with van der Waals surface area (Å²) in [5, 5.41) is 13.9. The number of anilines is 1. The Bertz CT molecular complexity index is 1580. The fraction of sp³-hybridized carbons (Fsp3) is 0.500. The van der Waals surface area contributed by atoms with Crippen molar-refractivity contribution in [3.8, 4) is 6.07 Å². The van der Waals surface area contributed by atoms with E-state index in [0.717, 1.165) is 31.4 Å². The third-order valence-corrected chi connectivity index (χ3v) is 8.94. The molecule has 4 aliphatic rings. The van der Waals surface area contributed by atoms with Crippen molar-refractivity contribution in [2.24, 2.45) is 5.92 Å². The van der Waals surface area contributed by atoms with Crippen LogP contribution in [-0.2, 0) is 24.4 Å². The average Bonchev–Trinajstić information content (AvgIpc) is 3.77. The van der Waals surface area contributed by atoms with E-state index in [4.69, 9.17) is 0 Å². The lowest BCUT2D eigenvalue weighted by Crippen LogP contribution is -2.39. The topological polar surface area (TPSA) is 86.8 Å². The summed E-state index contributed by atoms with van der Waals surface area (Å²) in [4.78, 5) is 25.3. The number of hydrogen-bond donors (Lipinski definition) is 1. The minimum Gasteiger partial charge on any atom is -0.365 e. The van der Waals surface area contributed by atoms with Gasteiger partial charge >= 0.3 is 0 Å². The van der Waals surface area contributed by atoms with Gasteiger partial charge in [0.05, 0.1) is 16.9 Å². The standard InChI is InChI=1S/C32H36F2N6O/c1-22-37-28-26-19-27(31(21-35)12-13-31)30(41)40(29(26)38-22)15-6-4-2-3-5-14-39-16-10-24(11-17-39)32(33,34)25-9-7-8-23(18-25)20-36-28/h3,5,7-9,18-19,24H,2,4,6,10-17,20H2,1H3,(H,36,37,38)/b5-3-. The number of nitrogens with one attached hydrogen (secondary N) is 1. The Balaban J connectivity index is 1.41. The van der Waals surface area contributed by atoms with Crippen LogP contribution in [0.15, 0.2) is 47.3 Å². The van der Waals surface area contributed by atoms with Crippen molar-refractivity contribution in [1.29, 1.82) is 5.26 Å². The van der Waals surface area contributed by atoms with Crippen LogP contribution < -0.4 is 10.9 Å². The molecule has 1 aliphatic carbocycles.